The van der Waals surface area contributed by atoms with Gasteiger partial charge in [-0.15, -0.1) is 0 Å². The van der Waals surface area contributed by atoms with Crippen LogP contribution in [-0.2, 0) is 4.79 Å². The molecule has 5 heteroatoms. The zero-order chi connectivity index (χ0) is 12.4. The Hall–Kier alpha value is -1.62. The zero-order valence-electron chi connectivity index (χ0n) is 10.1. The number of fused-ring (bicyclic) bond motifs is 1. The molecule has 1 atom stereocenters. The first kappa shape index (κ1) is 11.9. The zero-order valence-corrected chi connectivity index (χ0v) is 10.9. The fraction of sp³-hybridized carbons (Fsp3) is 0.333. The van der Waals surface area contributed by atoms with Crippen LogP contribution in [0.2, 0.25) is 0 Å². The van der Waals surface area contributed by atoms with Crippen molar-refractivity contribution in [1.29, 1.82) is 0 Å². The molecule has 0 fully saturated rings. The van der Waals surface area contributed by atoms with Gasteiger partial charge < -0.3 is 10.2 Å². The van der Waals surface area contributed by atoms with E-state index >= 15 is 0 Å². The Balaban J connectivity index is 2.16. The maximum atomic E-state index is 11.7. The Morgan fingerprint density at radius 3 is 2.76 bits per heavy atom. The average molecular weight is 249 g/mol. The third-order valence-electron chi connectivity index (χ3n) is 2.45. The second kappa shape index (κ2) is 4.71. The highest BCUT2D eigenvalue weighted by atomic mass is 32.1. The number of hydrogen-bond acceptors (Lipinski definition) is 4. The highest BCUT2D eigenvalue weighted by molar-refractivity contribution is 7.22. The van der Waals surface area contributed by atoms with Crippen molar-refractivity contribution in [2.24, 2.45) is 0 Å². The van der Waals surface area contributed by atoms with Crippen molar-refractivity contribution in [2.45, 2.75) is 13.0 Å². The number of hydrogen-bond donors (Lipinski definition) is 1. The highest BCUT2D eigenvalue weighted by Crippen LogP contribution is 2.25. The maximum Gasteiger partial charge on any atom is 0.244 e. The number of benzene rings is 1. The van der Waals surface area contributed by atoms with Gasteiger partial charge in [-0.2, -0.15) is 0 Å². The summed E-state index contributed by atoms with van der Waals surface area (Å²) in [6.07, 6.45) is 0. The molecule has 0 bridgehead atoms. The van der Waals surface area contributed by atoms with E-state index in [4.69, 9.17) is 0 Å². The fourth-order valence-corrected chi connectivity index (χ4v) is 2.52. The number of amides is 1. The van der Waals surface area contributed by atoms with Crippen LogP contribution < -0.4 is 5.32 Å². The smallest absolute Gasteiger partial charge is 0.244 e. The summed E-state index contributed by atoms with van der Waals surface area (Å²) in [5, 5.41) is 3.91. The van der Waals surface area contributed by atoms with Gasteiger partial charge in [0.2, 0.25) is 5.91 Å². The largest absolute Gasteiger partial charge is 0.350 e. The molecule has 1 N–H and O–H groups in total. The Bertz CT molecular complexity index is 502. The number of rotatable bonds is 3. The predicted molar refractivity (Wildman–Crippen MR) is 71.4 cm³/mol. The Morgan fingerprint density at radius 2 is 2.12 bits per heavy atom. The lowest BCUT2D eigenvalue weighted by Gasteiger charge is -2.17. The maximum absolute atomic E-state index is 11.7. The van der Waals surface area contributed by atoms with Gasteiger partial charge in [0.15, 0.2) is 5.13 Å². The number of nitrogens with one attached hydrogen (secondary N) is 1. The van der Waals surface area contributed by atoms with E-state index in [0.717, 1.165) is 15.3 Å². The number of nitrogens with zero attached hydrogens (tertiary/aromatic N) is 2. The second-order valence-electron chi connectivity index (χ2n) is 4.09. The van der Waals surface area contributed by atoms with Crippen LogP contribution in [0.5, 0.6) is 0 Å². The van der Waals surface area contributed by atoms with Crippen LogP contribution in [0, 0.1) is 0 Å². The molecule has 90 valence electrons. The molecule has 2 aromatic rings. The van der Waals surface area contributed by atoms with Crippen molar-refractivity contribution < 1.29 is 4.79 Å². The van der Waals surface area contributed by atoms with Crippen molar-refractivity contribution in [3.8, 4) is 0 Å². The molecule has 0 unspecified atom stereocenters. The normalized spacial score (nSPS) is 12.4. The molecule has 2 rings (SSSR count). The van der Waals surface area contributed by atoms with Crippen molar-refractivity contribution in [3.63, 3.8) is 0 Å². The Kier molecular flexibility index (Phi) is 3.28. The SMILES string of the molecule is C[C@H](Nc1nc2ccccc2s1)C(=O)N(C)C. The van der Waals surface area contributed by atoms with Gasteiger partial charge in [-0.1, -0.05) is 23.5 Å². The van der Waals surface area contributed by atoms with E-state index in [2.05, 4.69) is 10.3 Å². The van der Waals surface area contributed by atoms with E-state index in [-0.39, 0.29) is 11.9 Å². The Morgan fingerprint density at radius 1 is 1.41 bits per heavy atom. The van der Waals surface area contributed by atoms with E-state index < -0.39 is 0 Å². The number of likely N-dealkylation sites (N-methyl/N-ethyl adjacent to an activating group) is 1. The molecule has 1 amide bonds. The lowest BCUT2D eigenvalue weighted by Crippen LogP contribution is -2.36. The van der Waals surface area contributed by atoms with E-state index in [0.29, 0.717) is 0 Å². The fourth-order valence-electron chi connectivity index (χ4n) is 1.57. The first-order chi connectivity index (χ1) is 8.08. The summed E-state index contributed by atoms with van der Waals surface area (Å²) in [4.78, 5) is 17.7. The van der Waals surface area contributed by atoms with Crippen LogP contribution >= 0.6 is 11.3 Å². The molecule has 0 aliphatic carbocycles. The summed E-state index contributed by atoms with van der Waals surface area (Å²) in [6.45, 7) is 1.84. The monoisotopic (exact) mass is 249 g/mol. The van der Waals surface area contributed by atoms with Crippen molar-refractivity contribution in [1.82, 2.24) is 9.88 Å². The summed E-state index contributed by atoms with van der Waals surface area (Å²) >= 11 is 1.56. The quantitative estimate of drug-likeness (QED) is 0.907. The van der Waals surface area contributed by atoms with Gasteiger partial charge in [0.05, 0.1) is 10.2 Å². The lowest BCUT2D eigenvalue weighted by atomic mass is 10.3. The van der Waals surface area contributed by atoms with Gasteiger partial charge >= 0.3 is 0 Å². The van der Waals surface area contributed by atoms with Gasteiger partial charge in [0.1, 0.15) is 6.04 Å². The molecule has 0 spiro atoms. The third-order valence-corrected chi connectivity index (χ3v) is 3.41. The molecule has 0 aliphatic rings. The predicted octanol–water partition coefficient (Wildman–Crippen LogP) is 2.18. The number of para-hydroxylation sites is 1. The molecule has 17 heavy (non-hydrogen) atoms. The summed E-state index contributed by atoms with van der Waals surface area (Å²) in [5.74, 6) is 0.0456. The third kappa shape index (κ3) is 2.55. The minimum atomic E-state index is -0.259. The first-order valence-corrected chi connectivity index (χ1v) is 6.23. The van der Waals surface area contributed by atoms with Crippen molar-refractivity contribution in [2.75, 3.05) is 19.4 Å². The number of carbonyl (C=O) groups excluding carboxylic acids is 1. The highest BCUT2D eigenvalue weighted by Gasteiger charge is 2.15. The minimum Gasteiger partial charge on any atom is -0.350 e. The van der Waals surface area contributed by atoms with Crippen LogP contribution in [0.1, 0.15) is 6.92 Å². The standard InChI is InChI=1S/C12H15N3OS/c1-8(11(16)15(2)3)13-12-14-9-6-4-5-7-10(9)17-12/h4-8H,1-3H3,(H,13,14)/t8-/m0/s1. The number of thiazole rings is 1. The molecule has 0 saturated carbocycles. The summed E-state index contributed by atoms with van der Waals surface area (Å²) in [5.41, 5.74) is 0.963. The van der Waals surface area contributed by atoms with Crippen molar-refractivity contribution >= 4 is 32.6 Å². The van der Waals surface area contributed by atoms with Gasteiger partial charge in [-0.3, -0.25) is 4.79 Å². The molecule has 1 heterocycles. The first-order valence-electron chi connectivity index (χ1n) is 5.41. The minimum absolute atomic E-state index is 0.0456. The van der Waals surface area contributed by atoms with Crippen LogP contribution in [-0.4, -0.2) is 35.9 Å². The molecule has 1 aromatic carbocycles. The number of carbonyl (C=O) groups is 1. The summed E-state index contributed by atoms with van der Waals surface area (Å²) in [6, 6.07) is 7.68. The Labute approximate surface area is 104 Å². The van der Waals surface area contributed by atoms with Gasteiger partial charge in [0, 0.05) is 14.1 Å². The van der Waals surface area contributed by atoms with Gasteiger partial charge in [-0.25, -0.2) is 4.98 Å². The van der Waals surface area contributed by atoms with Crippen LogP contribution in [0.3, 0.4) is 0 Å². The van der Waals surface area contributed by atoms with E-state index in [9.17, 15) is 4.79 Å². The molecule has 1 aromatic heterocycles. The molecule has 0 aliphatic heterocycles. The lowest BCUT2D eigenvalue weighted by molar-refractivity contribution is -0.129. The van der Waals surface area contributed by atoms with E-state index in [1.54, 1.807) is 30.3 Å². The van der Waals surface area contributed by atoms with Crippen LogP contribution in [0.25, 0.3) is 10.2 Å². The van der Waals surface area contributed by atoms with Gasteiger partial charge in [-0.05, 0) is 19.1 Å². The molecular formula is C12H15N3OS. The molecule has 0 radical (unpaired) electrons. The van der Waals surface area contributed by atoms with Crippen LogP contribution in [0.15, 0.2) is 24.3 Å². The topological polar surface area (TPSA) is 45.2 Å². The summed E-state index contributed by atoms with van der Waals surface area (Å²) in [7, 11) is 3.50. The van der Waals surface area contributed by atoms with Crippen LogP contribution in [0.4, 0.5) is 5.13 Å². The van der Waals surface area contributed by atoms with E-state index in [1.165, 1.54) is 0 Å². The number of aromatic nitrogens is 1. The molecule has 4 nitrogen and oxygen atoms in total. The molecule has 0 saturated heterocycles. The second-order valence-corrected chi connectivity index (χ2v) is 5.12. The average Bonchev–Trinajstić information content (AvgIpc) is 2.69. The van der Waals surface area contributed by atoms with Gasteiger partial charge in [0.25, 0.3) is 0 Å². The molecular weight excluding hydrogens is 234 g/mol. The summed E-state index contributed by atoms with van der Waals surface area (Å²) < 4.78 is 1.12. The van der Waals surface area contributed by atoms with E-state index in [1.807, 2.05) is 31.2 Å². The van der Waals surface area contributed by atoms with Crippen molar-refractivity contribution in [3.05, 3.63) is 24.3 Å². The number of anilines is 1.